The number of nitrogens with one attached hydrogen (secondary N) is 1. The number of aromatic nitrogens is 1. The molecule has 0 unspecified atom stereocenters. The fraction of sp³-hybridized carbons (Fsp3) is 0. The molecule has 3 N–H and O–H groups in total. The number of hydrogen-bond acceptors (Lipinski definition) is 6. The van der Waals surface area contributed by atoms with Crippen LogP contribution in [0.5, 0.6) is 5.75 Å². The van der Waals surface area contributed by atoms with Gasteiger partial charge in [0.25, 0.3) is 0 Å². The number of nitrogen functional groups attached to an aromatic ring is 1. The number of amidine groups is 1. The van der Waals surface area contributed by atoms with Crippen LogP contribution in [0.15, 0.2) is 35.7 Å². The molecule has 7 heteroatoms. The van der Waals surface area contributed by atoms with Gasteiger partial charge in [0, 0.05) is 6.07 Å². The molecule has 3 aromatic rings. The van der Waals surface area contributed by atoms with Crippen LogP contribution in [0.1, 0.15) is 14.7 Å². The van der Waals surface area contributed by atoms with Gasteiger partial charge in [-0.05, 0) is 23.6 Å². The summed E-state index contributed by atoms with van der Waals surface area (Å²) in [6.45, 7) is 0. The summed E-state index contributed by atoms with van der Waals surface area (Å²) in [5.74, 6) is 0.00800. The normalized spacial score (nSPS) is 10.6. The standard InChI is InChI=1S/C13H9N3O2S2/c14-11(15)12-16-8-4-3-7(6-10(8)20-12)18-13(17)9-2-1-5-19-9/h1-6H,(H3,14,15). The molecule has 0 aliphatic carbocycles. The van der Waals surface area contributed by atoms with Crippen molar-refractivity contribution < 1.29 is 9.53 Å². The number of nitrogens with zero attached hydrogens (tertiary/aromatic N) is 1. The summed E-state index contributed by atoms with van der Waals surface area (Å²) in [6, 6.07) is 8.66. The predicted octanol–water partition coefficient (Wildman–Crippen LogP) is 2.86. The summed E-state index contributed by atoms with van der Waals surface area (Å²) in [7, 11) is 0. The number of fused-ring (bicyclic) bond motifs is 1. The molecule has 0 bridgehead atoms. The highest BCUT2D eigenvalue weighted by Gasteiger charge is 2.11. The van der Waals surface area contributed by atoms with E-state index < -0.39 is 0 Å². The number of carbonyl (C=O) groups excluding carboxylic acids is 1. The van der Waals surface area contributed by atoms with Crippen molar-refractivity contribution in [3.05, 3.63) is 45.6 Å². The number of hydrogen-bond donors (Lipinski definition) is 2. The van der Waals surface area contributed by atoms with Gasteiger partial charge >= 0.3 is 5.97 Å². The van der Waals surface area contributed by atoms with Crippen LogP contribution in [-0.4, -0.2) is 16.8 Å². The van der Waals surface area contributed by atoms with Crippen molar-refractivity contribution in [1.82, 2.24) is 4.98 Å². The van der Waals surface area contributed by atoms with E-state index in [1.165, 1.54) is 22.7 Å². The molecule has 0 radical (unpaired) electrons. The smallest absolute Gasteiger partial charge is 0.353 e. The van der Waals surface area contributed by atoms with E-state index in [-0.39, 0.29) is 11.8 Å². The Hall–Kier alpha value is -2.25. The van der Waals surface area contributed by atoms with Gasteiger partial charge < -0.3 is 10.5 Å². The average molecular weight is 303 g/mol. The van der Waals surface area contributed by atoms with Crippen LogP contribution in [0.25, 0.3) is 10.2 Å². The zero-order valence-corrected chi connectivity index (χ0v) is 11.8. The topological polar surface area (TPSA) is 89.1 Å². The van der Waals surface area contributed by atoms with Gasteiger partial charge in [0.05, 0.1) is 10.2 Å². The molecular formula is C13H9N3O2S2. The van der Waals surface area contributed by atoms with Crippen molar-refractivity contribution in [3.8, 4) is 5.75 Å². The van der Waals surface area contributed by atoms with Gasteiger partial charge in [-0.15, -0.1) is 22.7 Å². The summed E-state index contributed by atoms with van der Waals surface area (Å²) in [5, 5.41) is 9.65. The van der Waals surface area contributed by atoms with Gasteiger partial charge in [0.2, 0.25) is 0 Å². The lowest BCUT2D eigenvalue weighted by Gasteiger charge is -2.01. The van der Waals surface area contributed by atoms with Gasteiger partial charge in [0.15, 0.2) is 10.8 Å². The quantitative estimate of drug-likeness (QED) is 0.337. The summed E-state index contributed by atoms with van der Waals surface area (Å²) in [5.41, 5.74) is 6.14. The molecule has 0 saturated heterocycles. The van der Waals surface area contributed by atoms with Crippen LogP contribution in [0.2, 0.25) is 0 Å². The first-order valence-electron chi connectivity index (χ1n) is 5.64. The fourth-order valence-electron chi connectivity index (χ4n) is 1.64. The van der Waals surface area contributed by atoms with Gasteiger partial charge in [-0.2, -0.15) is 0 Å². The zero-order chi connectivity index (χ0) is 14.1. The Labute approximate surface area is 122 Å². The predicted molar refractivity (Wildman–Crippen MR) is 79.9 cm³/mol. The number of ether oxygens (including phenoxy) is 1. The highest BCUT2D eigenvalue weighted by atomic mass is 32.1. The maximum absolute atomic E-state index is 11.8. The Morgan fingerprint density at radius 2 is 2.20 bits per heavy atom. The lowest BCUT2D eigenvalue weighted by molar-refractivity contribution is 0.0740. The second-order valence-electron chi connectivity index (χ2n) is 3.93. The lowest BCUT2D eigenvalue weighted by atomic mass is 10.3. The Bertz CT molecular complexity index is 793. The second-order valence-corrected chi connectivity index (χ2v) is 5.91. The molecule has 0 aliphatic heterocycles. The molecule has 0 saturated carbocycles. The SMILES string of the molecule is N=C(N)c1nc2ccc(OC(=O)c3cccs3)cc2s1. The largest absolute Gasteiger partial charge is 0.422 e. The minimum atomic E-state index is -0.379. The number of nitrogens with two attached hydrogens (primary N) is 1. The number of esters is 1. The van der Waals surface area contributed by atoms with Crippen molar-refractivity contribution in [2.24, 2.45) is 5.73 Å². The minimum absolute atomic E-state index is 0.0664. The van der Waals surface area contributed by atoms with E-state index in [1.807, 2.05) is 5.38 Å². The van der Waals surface area contributed by atoms with Crippen LogP contribution in [0, 0.1) is 5.41 Å². The molecule has 0 aliphatic rings. The van der Waals surface area contributed by atoms with Crippen LogP contribution in [0.3, 0.4) is 0 Å². The molecular weight excluding hydrogens is 294 g/mol. The molecule has 2 heterocycles. The van der Waals surface area contributed by atoms with Crippen LogP contribution in [0.4, 0.5) is 0 Å². The lowest BCUT2D eigenvalue weighted by Crippen LogP contribution is -2.09. The zero-order valence-electron chi connectivity index (χ0n) is 10.1. The van der Waals surface area contributed by atoms with Crippen molar-refractivity contribution >= 4 is 44.7 Å². The first-order valence-corrected chi connectivity index (χ1v) is 7.34. The molecule has 2 aromatic heterocycles. The Kier molecular flexibility index (Phi) is 3.21. The van der Waals surface area contributed by atoms with E-state index in [9.17, 15) is 4.79 Å². The van der Waals surface area contributed by atoms with Gasteiger partial charge in [0.1, 0.15) is 10.6 Å². The highest BCUT2D eigenvalue weighted by Crippen LogP contribution is 2.27. The number of carbonyl (C=O) groups is 1. The molecule has 0 atom stereocenters. The molecule has 100 valence electrons. The first-order chi connectivity index (χ1) is 9.63. The Morgan fingerprint density at radius 1 is 1.35 bits per heavy atom. The summed E-state index contributed by atoms with van der Waals surface area (Å²) >= 11 is 2.63. The maximum Gasteiger partial charge on any atom is 0.353 e. The van der Waals surface area contributed by atoms with Crippen LogP contribution < -0.4 is 10.5 Å². The van der Waals surface area contributed by atoms with Crippen molar-refractivity contribution in [3.63, 3.8) is 0 Å². The van der Waals surface area contributed by atoms with Gasteiger partial charge in [-0.1, -0.05) is 6.07 Å². The van der Waals surface area contributed by atoms with E-state index in [4.69, 9.17) is 15.9 Å². The second kappa shape index (κ2) is 5.03. The molecule has 1 aromatic carbocycles. The monoisotopic (exact) mass is 303 g/mol. The number of benzene rings is 1. The summed E-state index contributed by atoms with van der Waals surface area (Å²) < 4.78 is 6.13. The summed E-state index contributed by atoms with van der Waals surface area (Å²) in [4.78, 5) is 16.6. The third kappa shape index (κ3) is 2.40. The third-order valence-electron chi connectivity index (χ3n) is 2.52. The average Bonchev–Trinajstić information content (AvgIpc) is 3.07. The maximum atomic E-state index is 11.8. The number of thiazole rings is 1. The van der Waals surface area contributed by atoms with Crippen LogP contribution in [-0.2, 0) is 0 Å². The summed E-state index contributed by atoms with van der Waals surface area (Å²) in [6.07, 6.45) is 0. The fourth-order valence-corrected chi connectivity index (χ4v) is 3.09. The number of rotatable bonds is 3. The van der Waals surface area contributed by atoms with Crippen molar-refractivity contribution in [2.45, 2.75) is 0 Å². The van der Waals surface area contributed by atoms with E-state index in [2.05, 4.69) is 4.98 Å². The molecule has 5 nitrogen and oxygen atoms in total. The number of thiophene rings is 1. The Balaban J connectivity index is 1.89. The highest BCUT2D eigenvalue weighted by molar-refractivity contribution is 7.20. The van der Waals surface area contributed by atoms with Crippen molar-refractivity contribution in [1.29, 1.82) is 5.41 Å². The molecule has 3 rings (SSSR count). The van der Waals surface area contributed by atoms with E-state index in [1.54, 1.807) is 30.3 Å². The van der Waals surface area contributed by atoms with Gasteiger partial charge in [-0.3, -0.25) is 5.41 Å². The minimum Gasteiger partial charge on any atom is -0.422 e. The molecule has 0 fully saturated rings. The molecule has 0 spiro atoms. The first kappa shape index (κ1) is 12.8. The van der Waals surface area contributed by atoms with Gasteiger partial charge in [-0.25, -0.2) is 9.78 Å². The third-order valence-corrected chi connectivity index (χ3v) is 4.42. The molecule has 20 heavy (non-hydrogen) atoms. The van der Waals surface area contributed by atoms with E-state index in [0.717, 1.165) is 10.2 Å². The van der Waals surface area contributed by atoms with Crippen LogP contribution >= 0.6 is 22.7 Å². The van der Waals surface area contributed by atoms with E-state index >= 15 is 0 Å². The molecule has 0 amide bonds. The Morgan fingerprint density at radius 3 is 2.90 bits per heavy atom. The van der Waals surface area contributed by atoms with Crippen molar-refractivity contribution in [2.75, 3.05) is 0 Å². The van der Waals surface area contributed by atoms with E-state index in [0.29, 0.717) is 15.6 Å².